The van der Waals surface area contributed by atoms with Crippen molar-refractivity contribution in [2.24, 2.45) is 5.73 Å². The highest BCUT2D eigenvalue weighted by Crippen LogP contribution is 1.98. The van der Waals surface area contributed by atoms with Crippen LogP contribution in [0.4, 0.5) is 0 Å². The molecular weight excluding hydrogens is 198 g/mol. The van der Waals surface area contributed by atoms with Crippen molar-refractivity contribution in [1.82, 2.24) is 10.3 Å². The van der Waals surface area contributed by atoms with Gasteiger partial charge in [-0.2, -0.15) is 0 Å². The standard InChI is InChI=1S/C9H11N3OS/c1-6-2-3-7(4-11-6)9(13)12-5-8(10)14/h2-4H,5H2,1H3,(H2,10,14)(H,12,13). The van der Waals surface area contributed by atoms with Crippen LogP contribution in [0.25, 0.3) is 0 Å². The van der Waals surface area contributed by atoms with Gasteiger partial charge in [-0.1, -0.05) is 12.2 Å². The summed E-state index contributed by atoms with van der Waals surface area (Å²) in [6.45, 7) is 2.07. The molecule has 4 nitrogen and oxygen atoms in total. The highest BCUT2D eigenvalue weighted by Gasteiger charge is 2.04. The first-order chi connectivity index (χ1) is 6.59. The average Bonchev–Trinajstić information content (AvgIpc) is 2.15. The van der Waals surface area contributed by atoms with Crippen molar-refractivity contribution in [1.29, 1.82) is 0 Å². The quantitative estimate of drug-likeness (QED) is 0.707. The maximum atomic E-state index is 11.4. The fraction of sp³-hybridized carbons (Fsp3) is 0.222. The topological polar surface area (TPSA) is 68.0 Å². The lowest BCUT2D eigenvalue weighted by Gasteiger charge is -2.03. The molecule has 1 rings (SSSR count). The van der Waals surface area contributed by atoms with E-state index in [4.69, 9.17) is 5.73 Å². The summed E-state index contributed by atoms with van der Waals surface area (Å²) < 4.78 is 0. The molecule has 0 aliphatic heterocycles. The van der Waals surface area contributed by atoms with Crippen molar-refractivity contribution in [2.75, 3.05) is 6.54 Å². The van der Waals surface area contributed by atoms with Gasteiger partial charge < -0.3 is 11.1 Å². The minimum atomic E-state index is -0.217. The average molecular weight is 209 g/mol. The van der Waals surface area contributed by atoms with E-state index in [1.165, 1.54) is 6.20 Å². The number of rotatable bonds is 3. The number of carbonyl (C=O) groups excluding carboxylic acids is 1. The van der Waals surface area contributed by atoms with E-state index in [0.29, 0.717) is 5.56 Å². The normalized spacial score (nSPS) is 9.50. The van der Waals surface area contributed by atoms with Gasteiger partial charge in [0, 0.05) is 11.9 Å². The van der Waals surface area contributed by atoms with Crippen LogP contribution in [0.1, 0.15) is 16.1 Å². The SMILES string of the molecule is Cc1ccc(C(=O)NCC(N)=S)cn1. The Labute approximate surface area is 87.5 Å². The molecule has 0 radical (unpaired) electrons. The summed E-state index contributed by atoms with van der Waals surface area (Å²) >= 11 is 4.63. The van der Waals surface area contributed by atoms with Crippen LogP contribution >= 0.6 is 12.2 Å². The number of hydrogen-bond donors (Lipinski definition) is 2. The van der Waals surface area contributed by atoms with E-state index >= 15 is 0 Å². The third-order valence-corrected chi connectivity index (χ3v) is 1.74. The minimum absolute atomic E-state index is 0.210. The van der Waals surface area contributed by atoms with E-state index in [1.807, 2.05) is 6.92 Å². The molecule has 0 aromatic carbocycles. The van der Waals surface area contributed by atoms with Gasteiger partial charge in [-0.25, -0.2) is 0 Å². The molecule has 0 aliphatic rings. The van der Waals surface area contributed by atoms with Crippen molar-refractivity contribution in [3.05, 3.63) is 29.6 Å². The van der Waals surface area contributed by atoms with E-state index in [0.717, 1.165) is 5.69 Å². The van der Waals surface area contributed by atoms with Gasteiger partial charge in [0.05, 0.1) is 17.1 Å². The Bertz CT molecular complexity index is 348. The van der Waals surface area contributed by atoms with Crippen molar-refractivity contribution in [3.63, 3.8) is 0 Å². The summed E-state index contributed by atoms with van der Waals surface area (Å²) in [5, 5.41) is 2.57. The molecular formula is C9H11N3OS. The van der Waals surface area contributed by atoms with Gasteiger partial charge in [0.2, 0.25) is 0 Å². The fourth-order valence-corrected chi connectivity index (χ4v) is 0.944. The zero-order valence-corrected chi connectivity index (χ0v) is 8.60. The summed E-state index contributed by atoms with van der Waals surface area (Å²) in [6, 6.07) is 3.48. The molecule has 0 atom stereocenters. The molecule has 0 aliphatic carbocycles. The number of amides is 1. The monoisotopic (exact) mass is 209 g/mol. The lowest BCUT2D eigenvalue weighted by molar-refractivity contribution is 0.0959. The summed E-state index contributed by atoms with van der Waals surface area (Å²) in [4.78, 5) is 15.7. The first-order valence-corrected chi connectivity index (χ1v) is 4.49. The van der Waals surface area contributed by atoms with Gasteiger partial charge in [0.25, 0.3) is 5.91 Å². The van der Waals surface area contributed by atoms with Crippen LogP contribution in [0, 0.1) is 6.92 Å². The molecule has 1 heterocycles. The summed E-state index contributed by atoms with van der Waals surface area (Å²) in [5.41, 5.74) is 6.62. The lowest BCUT2D eigenvalue weighted by Crippen LogP contribution is -2.32. The van der Waals surface area contributed by atoms with Gasteiger partial charge in [-0.3, -0.25) is 9.78 Å². The second-order valence-electron chi connectivity index (χ2n) is 2.84. The highest BCUT2D eigenvalue weighted by atomic mass is 32.1. The van der Waals surface area contributed by atoms with Gasteiger partial charge in [-0.15, -0.1) is 0 Å². The van der Waals surface area contributed by atoms with Crippen LogP contribution in [0.3, 0.4) is 0 Å². The minimum Gasteiger partial charge on any atom is -0.392 e. The fourth-order valence-electron chi connectivity index (χ4n) is 0.872. The Morgan fingerprint density at radius 3 is 2.86 bits per heavy atom. The smallest absolute Gasteiger partial charge is 0.253 e. The Balaban J connectivity index is 2.61. The number of nitrogens with one attached hydrogen (secondary N) is 1. The van der Waals surface area contributed by atoms with Crippen LogP contribution in [0.15, 0.2) is 18.3 Å². The molecule has 0 bridgehead atoms. The van der Waals surface area contributed by atoms with E-state index in [2.05, 4.69) is 22.5 Å². The number of aryl methyl sites for hydroxylation is 1. The van der Waals surface area contributed by atoms with Crippen LogP contribution in [0.2, 0.25) is 0 Å². The second-order valence-corrected chi connectivity index (χ2v) is 3.36. The molecule has 0 unspecified atom stereocenters. The van der Waals surface area contributed by atoms with E-state index in [-0.39, 0.29) is 17.4 Å². The first kappa shape index (κ1) is 10.6. The molecule has 0 saturated heterocycles. The summed E-state index contributed by atoms with van der Waals surface area (Å²) in [7, 11) is 0. The first-order valence-electron chi connectivity index (χ1n) is 4.09. The molecule has 1 aromatic rings. The van der Waals surface area contributed by atoms with Crippen molar-refractivity contribution >= 4 is 23.1 Å². The predicted octanol–water partition coefficient (Wildman–Crippen LogP) is 0.406. The summed E-state index contributed by atoms with van der Waals surface area (Å²) in [6.07, 6.45) is 1.52. The molecule has 3 N–H and O–H groups in total. The molecule has 14 heavy (non-hydrogen) atoms. The zero-order chi connectivity index (χ0) is 10.6. The molecule has 0 spiro atoms. The Kier molecular flexibility index (Phi) is 3.53. The Morgan fingerprint density at radius 1 is 1.64 bits per heavy atom. The van der Waals surface area contributed by atoms with E-state index in [1.54, 1.807) is 12.1 Å². The van der Waals surface area contributed by atoms with Gasteiger partial charge >= 0.3 is 0 Å². The number of hydrogen-bond acceptors (Lipinski definition) is 3. The van der Waals surface area contributed by atoms with E-state index < -0.39 is 0 Å². The number of nitrogens with two attached hydrogens (primary N) is 1. The van der Waals surface area contributed by atoms with Crippen molar-refractivity contribution in [2.45, 2.75) is 6.92 Å². The predicted molar refractivity (Wildman–Crippen MR) is 58.1 cm³/mol. The van der Waals surface area contributed by atoms with Gasteiger partial charge in [-0.05, 0) is 19.1 Å². The largest absolute Gasteiger partial charge is 0.392 e. The van der Waals surface area contributed by atoms with Gasteiger partial charge in [0.1, 0.15) is 0 Å². The van der Waals surface area contributed by atoms with Crippen LogP contribution in [0.5, 0.6) is 0 Å². The molecule has 1 amide bonds. The molecule has 0 saturated carbocycles. The number of nitrogens with zero attached hydrogens (tertiary/aromatic N) is 1. The number of carbonyl (C=O) groups is 1. The Hall–Kier alpha value is -1.49. The maximum Gasteiger partial charge on any atom is 0.253 e. The van der Waals surface area contributed by atoms with Crippen LogP contribution < -0.4 is 11.1 Å². The summed E-state index contributed by atoms with van der Waals surface area (Å²) in [5.74, 6) is -0.217. The lowest BCUT2D eigenvalue weighted by atomic mass is 10.2. The highest BCUT2D eigenvalue weighted by molar-refractivity contribution is 7.80. The molecule has 74 valence electrons. The Morgan fingerprint density at radius 2 is 2.36 bits per heavy atom. The van der Waals surface area contributed by atoms with Crippen LogP contribution in [-0.2, 0) is 0 Å². The third kappa shape index (κ3) is 3.10. The number of thiocarbonyl (C=S) groups is 1. The maximum absolute atomic E-state index is 11.4. The second kappa shape index (κ2) is 4.66. The van der Waals surface area contributed by atoms with E-state index in [9.17, 15) is 4.79 Å². The zero-order valence-electron chi connectivity index (χ0n) is 7.78. The molecule has 1 aromatic heterocycles. The number of aromatic nitrogens is 1. The van der Waals surface area contributed by atoms with Gasteiger partial charge in [0.15, 0.2) is 0 Å². The number of pyridine rings is 1. The van der Waals surface area contributed by atoms with Crippen molar-refractivity contribution in [3.8, 4) is 0 Å². The molecule has 5 heteroatoms. The van der Waals surface area contributed by atoms with Crippen molar-refractivity contribution < 1.29 is 4.79 Å². The molecule has 0 fully saturated rings. The van der Waals surface area contributed by atoms with Crippen LogP contribution in [-0.4, -0.2) is 22.4 Å². The third-order valence-electron chi connectivity index (χ3n) is 1.60.